The van der Waals surface area contributed by atoms with E-state index in [1.165, 1.54) is 52.7 Å². The Hall–Kier alpha value is -0.800. The van der Waals surface area contributed by atoms with Gasteiger partial charge in [-0.25, -0.2) is 0 Å². The van der Waals surface area contributed by atoms with Crippen LogP contribution in [0.1, 0.15) is 32.6 Å². The normalized spacial score (nSPS) is 11.8. The van der Waals surface area contributed by atoms with Crippen molar-refractivity contribution >= 4 is 43.1 Å². The lowest BCUT2D eigenvalue weighted by Gasteiger charge is -2.05. The molecule has 0 amide bonds. The van der Waals surface area contributed by atoms with Crippen LogP contribution >= 0.6 is 22.7 Å². The van der Waals surface area contributed by atoms with Gasteiger partial charge >= 0.3 is 0 Å². The molecule has 0 aliphatic heterocycles. The molecule has 3 heteroatoms. The number of hydrogen-bond donors (Lipinski definition) is 0. The first-order valence-electron chi connectivity index (χ1n) is 6.34. The minimum atomic E-state index is 1.17. The van der Waals surface area contributed by atoms with Gasteiger partial charge in [0.25, 0.3) is 0 Å². The average Bonchev–Trinajstić information content (AvgIpc) is 2.99. The second-order valence-corrected chi connectivity index (χ2v) is 6.31. The summed E-state index contributed by atoms with van der Waals surface area (Å²) in [6.45, 7) is 3.44. The maximum Gasteiger partial charge on any atom is 0.0700 e. The van der Waals surface area contributed by atoms with Crippen molar-refractivity contribution in [2.45, 2.75) is 39.2 Å². The quantitative estimate of drug-likeness (QED) is 0.536. The summed E-state index contributed by atoms with van der Waals surface area (Å²) in [6.07, 6.45) is 5.33. The van der Waals surface area contributed by atoms with Crippen LogP contribution in [0.3, 0.4) is 0 Å². The molecule has 3 rings (SSSR count). The number of rotatable bonds is 5. The topological polar surface area (TPSA) is 4.93 Å². The van der Waals surface area contributed by atoms with E-state index < -0.39 is 0 Å². The summed E-state index contributed by atoms with van der Waals surface area (Å²) in [6, 6.07) is 4.54. The van der Waals surface area contributed by atoms with E-state index in [2.05, 4.69) is 34.4 Å². The zero-order valence-electron chi connectivity index (χ0n) is 10.1. The van der Waals surface area contributed by atoms with E-state index in [9.17, 15) is 0 Å². The first kappa shape index (κ1) is 11.3. The number of hydrogen-bond acceptors (Lipinski definition) is 2. The van der Waals surface area contributed by atoms with Crippen LogP contribution in [0.2, 0.25) is 0 Å². The summed E-state index contributed by atoms with van der Waals surface area (Å²) in [5.74, 6) is 0. The highest BCUT2D eigenvalue weighted by Gasteiger charge is 2.11. The Kier molecular flexibility index (Phi) is 3.21. The summed E-state index contributed by atoms with van der Waals surface area (Å²) < 4.78 is 5.46. The second-order valence-electron chi connectivity index (χ2n) is 4.48. The smallest absolute Gasteiger partial charge is 0.0700 e. The Morgan fingerprint density at radius 2 is 1.59 bits per heavy atom. The van der Waals surface area contributed by atoms with Gasteiger partial charge in [-0.1, -0.05) is 26.2 Å². The molecule has 0 atom stereocenters. The van der Waals surface area contributed by atoms with E-state index in [-0.39, 0.29) is 0 Å². The SMILES string of the molecule is CCCCCCn1c2ccsc2c2sccc21. The summed E-state index contributed by atoms with van der Waals surface area (Å²) in [5.41, 5.74) is 2.88. The predicted molar refractivity (Wildman–Crippen MR) is 79.3 cm³/mol. The van der Waals surface area contributed by atoms with E-state index in [0.29, 0.717) is 0 Å². The highest BCUT2D eigenvalue weighted by Crippen LogP contribution is 2.36. The van der Waals surface area contributed by atoms with Crippen molar-refractivity contribution in [1.82, 2.24) is 4.57 Å². The first-order valence-corrected chi connectivity index (χ1v) is 8.10. The van der Waals surface area contributed by atoms with E-state index in [1.807, 2.05) is 22.7 Å². The molecule has 0 fully saturated rings. The summed E-state index contributed by atoms with van der Waals surface area (Å²) in [4.78, 5) is 0. The van der Waals surface area contributed by atoms with Gasteiger partial charge in [0.15, 0.2) is 0 Å². The Morgan fingerprint density at radius 1 is 0.941 bits per heavy atom. The van der Waals surface area contributed by atoms with Crippen LogP contribution in [0.4, 0.5) is 0 Å². The molecular weight excluding hydrogens is 246 g/mol. The van der Waals surface area contributed by atoms with Crippen molar-refractivity contribution in [3.63, 3.8) is 0 Å². The minimum absolute atomic E-state index is 1.17. The standard InChI is InChI=1S/C14H17NS2/c1-2-3-4-5-8-15-11-6-9-16-13(11)14-12(15)7-10-17-14/h6-7,9-10H,2-5,8H2,1H3. The maximum absolute atomic E-state index is 2.51. The fraction of sp³-hybridized carbons (Fsp3) is 0.429. The molecular formula is C14H17NS2. The van der Waals surface area contributed by atoms with Crippen molar-refractivity contribution in [1.29, 1.82) is 0 Å². The molecule has 17 heavy (non-hydrogen) atoms. The number of unbranched alkanes of at least 4 members (excludes halogenated alkanes) is 3. The van der Waals surface area contributed by atoms with Gasteiger partial charge in [0.05, 0.1) is 20.4 Å². The third kappa shape index (κ3) is 1.91. The molecule has 0 unspecified atom stereocenters. The van der Waals surface area contributed by atoms with Gasteiger partial charge in [0, 0.05) is 6.54 Å². The lowest BCUT2D eigenvalue weighted by molar-refractivity contribution is 0.602. The Labute approximate surface area is 110 Å². The molecule has 0 radical (unpaired) electrons. The minimum Gasteiger partial charge on any atom is -0.339 e. The molecule has 0 aliphatic carbocycles. The number of thiophene rings is 2. The summed E-state index contributed by atoms with van der Waals surface area (Å²) >= 11 is 3.75. The van der Waals surface area contributed by atoms with Gasteiger partial charge in [0.2, 0.25) is 0 Å². The zero-order chi connectivity index (χ0) is 11.7. The molecule has 0 N–H and O–H groups in total. The molecule has 1 nitrogen and oxygen atoms in total. The Bertz CT molecular complexity index is 566. The van der Waals surface area contributed by atoms with Crippen molar-refractivity contribution in [2.24, 2.45) is 0 Å². The molecule has 90 valence electrons. The fourth-order valence-electron chi connectivity index (χ4n) is 2.44. The van der Waals surface area contributed by atoms with E-state index in [1.54, 1.807) is 0 Å². The Morgan fingerprint density at radius 3 is 2.18 bits per heavy atom. The molecule has 3 aromatic rings. The van der Waals surface area contributed by atoms with Crippen molar-refractivity contribution in [3.05, 3.63) is 22.9 Å². The first-order chi connectivity index (χ1) is 8.42. The molecule has 3 heterocycles. The summed E-state index contributed by atoms with van der Waals surface area (Å²) in [5, 5.41) is 4.43. The predicted octanol–water partition coefficient (Wildman–Crippen LogP) is 5.50. The van der Waals surface area contributed by atoms with Crippen molar-refractivity contribution in [3.8, 4) is 0 Å². The van der Waals surface area contributed by atoms with Crippen LogP contribution in [-0.4, -0.2) is 4.57 Å². The molecule has 3 aromatic heterocycles. The summed E-state index contributed by atoms with van der Waals surface area (Å²) in [7, 11) is 0. The monoisotopic (exact) mass is 263 g/mol. The fourth-order valence-corrected chi connectivity index (χ4v) is 4.41. The highest BCUT2D eigenvalue weighted by molar-refractivity contribution is 7.25. The number of nitrogens with zero attached hydrogens (tertiary/aromatic N) is 1. The maximum atomic E-state index is 2.51. The lowest BCUT2D eigenvalue weighted by Crippen LogP contribution is -1.96. The van der Waals surface area contributed by atoms with Crippen LogP contribution in [-0.2, 0) is 6.54 Å². The molecule has 0 saturated carbocycles. The van der Waals surface area contributed by atoms with Crippen LogP contribution < -0.4 is 0 Å². The van der Waals surface area contributed by atoms with Crippen molar-refractivity contribution in [2.75, 3.05) is 0 Å². The van der Waals surface area contributed by atoms with E-state index in [4.69, 9.17) is 0 Å². The number of aryl methyl sites for hydroxylation is 1. The van der Waals surface area contributed by atoms with E-state index >= 15 is 0 Å². The third-order valence-electron chi connectivity index (χ3n) is 3.31. The van der Waals surface area contributed by atoms with E-state index in [0.717, 1.165) is 0 Å². The molecule has 0 aliphatic rings. The third-order valence-corrected chi connectivity index (χ3v) is 5.28. The molecule has 0 spiro atoms. The largest absolute Gasteiger partial charge is 0.339 e. The van der Waals surface area contributed by atoms with Gasteiger partial charge in [-0.2, -0.15) is 0 Å². The van der Waals surface area contributed by atoms with Gasteiger partial charge in [-0.3, -0.25) is 0 Å². The Balaban J connectivity index is 1.93. The van der Waals surface area contributed by atoms with Crippen LogP contribution in [0, 0.1) is 0 Å². The van der Waals surface area contributed by atoms with Crippen LogP contribution in [0.25, 0.3) is 20.4 Å². The number of aromatic nitrogens is 1. The van der Waals surface area contributed by atoms with Crippen molar-refractivity contribution < 1.29 is 0 Å². The van der Waals surface area contributed by atoms with Gasteiger partial charge < -0.3 is 4.57 Å². The van der Waals surface area contributed by atoms with Gasteiger partial charge in [-0.05, 0) is 29.3 Å². The average molecular weight is 263 g/mol. The van der Waals surface area contributed by atoms with Gasteiger partial charge in [-0.15, -0.1) is 22.7 Å². The lowest BCUT2D eigenvalue weighted by atomic mass is 10.2. The molecule has 0 aromatic carbocycles. The number of fused-ring (bicyclic) bond motifs is 3. The van der Waals surface area contributed by atoms with Crippen LogP contribution in [0.15, 0.2) is 22.9 Å². The highest BCUT2D eigenvalue weighted by atomic mass is 32.1. The van der Waals surface area contributed by atoms with Gasteiger partial charge in [0.1, 0.15) is 0 Å². The zero-order valence-corrected chi connectivity index (χ0v) is 11.7. The van der Waals surface area contributed by atoms with Crippen LogP contribution in [0.5, 0.6) is 0 Å². The second kappa shape index (κ2) is 4.83. The molecule has 0 saturated heterocycles. The molecule has 0 bridgehead atoms.